The molecule has 0 aliphatic heterocycles. The number of nitrogens with one attached hydrogen (secondary N) is 1. The number of amidine groups is 1. The lowest BCUT2D eigenvalue weighted by Crippen LogP contribution is -2.15. The minimum absolute atomic E-state index is 0.220. The van der Waals surface area contributed by atoms with Crippen molar-refractivity contribution in [3.05, 3.63) is 21.9 Å². The van der Waals surface area contributed by atoms with Gasteiger partial charge >= 0.3 is 6.18 Å². The van der Waals surface area contributed by atoms with Crippen molar-refractivity contribution >= 4 is 17.2 Å². The van der Waals surface area contributed by atoms with Gasteiger partial charge in [0.2, 0.25) is 0 Å². The minimum Gasteiger partial charge on any atom is -0.383 e. The van der Waals surface area contributed by atoms with Gasteiger partial charge in [-0.3, -0.25) is 5.41 Å². The second kappa shape index (κ2) is 2.78. The minimum atomic E-state index is -4.42. The van der Waals surface area contributed by atoms with E-state index >= 15 is 0 Å². The van der Waals surface area contributed by atoms with Gasteiger partial charge in [-0.2, -0.15) is 13.2 Å². The van der Waals surface area contributed by atoms with Gasteiger partial charge < -0.3 is 5.73 Å². The average Bonchev–Trinajstić information content (AvgIpc) is 2.30. The quantitative estimate of drug-likeness (QED) is 0.521. The summed E-state index contributed by atoms with van der Waals surface area (Å²) < 4.78 is 36.3. The molecular weight excluding hydrogens is 189 g/mol. The number of hydrogen-bond acceptors (Lipinski definition) is 2. The van der Waals surface area contributed by atoms with Gasteiger partial charge in [0.05, 0.1) is 10.4 Å². The van der Waals surface area contributed by atoms with Gasteiger partial charge in [0.25, 0.3) is 0 Å². The van der Waals surface area contributed by atoms with E-state index in [4.69, 9.17) is 11.1 Å². The molecule has 1 aromatic rings. The zero-order valence-electron chi connectivity index (χ0n) is 5.77. The van der Waals surface area contributed by atoms with Crippen molar-refractivity contribution in [2.75, 3.05) is 0 Å². The van der Waals surface area contributed by atoms with Gasteiger partial charge in [-0.1, -0.05) is 0 Å². The molecule has 0 saturated carbocycles. The molecule has 12 heavy (non-hydrogen) atoms. The zero-order chi connectivity index (χ0) is 9.35. The van der Waals surface area contributed by atoms with Gasteiger partial charge in [0.15, 0.2) is 0 Å². The van der Waals surface area contributed by atoms with Crippen LogP contribution >= 0.6 is 11.3 Å². The number of alkyl halides is 3. The largest absolute Gasteiger partial charge is 0.417 e. The van der Waals surface area contributed by atoms with Crippen molar-refractivity contribution < 1.29 is 13.2 Å². The Kier molecular flexibility index (Phi) is 2.10. The maximum atomic E-state index is 12.1. The number of hydrogen-bond donors (Lipinski definition) is 2. The third kappa shape index (κ3) is 1.58. The second-order valence-electron chi connectivity index (χ2n) is 2.07. The Balaban J connectivity index is 3.17. The van der Waals surface area contributed by atoms with Crippen LogP contribution in [0.2, 0.25) is 0 Å². The molecule has 1 aromatic heterocycles. The third-order valence-corrected chi connectivity index (χ3v) is 2.16. The van der Waals surface area contributed by atoms with Gasteiger partial charge in [-0.05, 0) is 11.4 Å². The van der Waals surface area contributed by atoms with Gasteiger partial charge in [-0.15, -0.1) is 11.3 Å². The molecule has 6 heteroatoms. The highest BCUT2D eigenvalue weighted by molar-refractivity contribution is 7.12. The number of halogens is 3. The van der Waals surface area contributed by atoms with Crippen molar-refractivity contribution in [3.63, 3.8) is 0 Å². The molecule has 0 bridgehead atoms. The molecule has 0 spiro atoms. The van der Waals surface area contributed by atoms with E-state index in [0.717, 1.165) is 17.4 Å². The van der Waals surface area contributed by atoms with Crippen LogP contribution in [0.25, 0.3) is 0 Å². The Labute approximate surface area is 70.3 Å². The van der Waals surface area contributed by atoms with E-state index in [2.05, 4.69) is 0 Å². The average molecular weight is 194 g/mol. The van der Waals surface area contributed by atoms with Crippen molar-refractivity contribution in [3.8, 4) is 0 Å². The van der Waals surface area contributed by atoms with Crippen molar-refractivity contribution in [1.82, 2.24) is 0 Å². The molecule has 0 fully saturated rings. The predicted molar refractivity (Wildman–Crippen MR) is 40.3 cm³/mol. The SMILES string of the molecule is N=C(N)c1sccc1C(F)(F)F. The summed E-state index contributed by atoms with van der Waals surface area (Å²) in [6.45, 7) is 0. The number of rotatable bonds is 1. The van der Waals surface area contributed by atoms with Gasteiger partial charge in [0, 0.05) is 0 Å². The summed E-state index contributed by atoms with van der Waals surface area (Å²) in [7, 11) is 0. The molecule has 3 N–H and O–H groups in total. The Morgan fingerprint density at radius 1 is 1.50 bits per heavy atom. The topological polar surface area (TPSA) is 49.9 Å². The van der Waals surface area contributed by atoms with Crippen molar-refractivity contribution in [2.45, 2.75) is 6.18 Å². The zero-order valence-corrected chi connectivity index (χ0v) is 6.59. The molecule has 0 radical (unpaired) electrons. The Bertz CT molecular complexity index is 302. The smallest absolute Gasteiger partial charge is 0.383 e. The maximum absolute atomic E-state index is 12.1. The van der Waals surface area contributed by atoms with Crippen LogP contribution in [0.1, 0.15) is 10.4 Å². The molecule has 1 heterocycles. The second-order valence-corrected chi connectivity index (χ2v) is 2.99. The molecule has 0 saturated heterocycles. The first-order chi connectivity index (χ1) is 5.43. The highest BCUT2D eigenvalue weighted by Gasteiger charge is 2.34. The summed E-state index contributed by atoms with van der Waals surface area (Å²) in [5.74, 6) is -0.544. The van der Waals surface area contributed by atoms with Gasteiger partial charge in [-0.25, -0.2) is 0 Å². The number of nitrogen functional groups attached to an aromatic ring is 1. The van der Waals surface area contributed by atoms with E-state index in [1.807, 2.05) is 0 Å². The fraction of sp³-hybridized carbons (Fsp3) is 0.167. The van der Waals surface area contributed by atoms with Crippen LogP contribution in [-0.4, -0.2) is 5.84 Å². The summed E-state index contributed by atoms with van der Waals surface area (Å²) in [6, 6.07) is 0.918. The van der Waals surface area contributed by atoms with E-state index in [1.165, 1.54) is 5.38 Å². The lowest BCUT2D eigenvalue weighted by Gasteiger charge is -2.05. The van der Waals surface area contributed by atoms with Crippen molar-refractivity contribution in [1.29, 1.82) is 5.41 Å². The summed E-state index contributed by atoms with van der Waals surface area (Å²) in [4.78, 5) is -0.220. The molecular formula is C6H5F3N2S. The van der Waals surface area contributed by atoms with Crippen LogP contribution in [0.3, 0.4) is 0 Å². The normalized spacial score (nSPS) is 11.6. The first-order valence-electron chi connectivity index (χ1n) is 2.92. The lowest BCUT2D eigenvalue weighted by molar-refractivity contribution is -0.137. The number of thiophene rings is 1. The molecule has 0 aromatic carbocycles. The Morgan fingerprint density at radius 3 is 2.42 bits per heavy atom. The molecule has 2 nitrogen and oxygen atoms in total. The summed E-state index contributed by atoms with van der Waals surface area (Å²) in [5.41, 5.74) is 4.12. The van der Waals surface area contributed by atoms with Crippen LogP contribution in [0.15, 0.2) is 11.4 Å². The standard InChI is InChI=1S/C6H5F3N2S/c7-6(8,9)3-1-2-12-4(3)5(10)11/h1-2H,(H3,10,11). The summed E-state index contributed by atoms with van der Waals surface area (Å²) >= 11 is 0.815. The van der Waals surface area contributed by atoms with Crippen LogP contribution < -0.4 is 5.73 Å². The van der Waals surface area contributed by atoms with Crippen LogP contribution in [0, 0.1) is 5.41 Å². The monoisotopic (exact) mass is 194 g/mol. The highest BCUT2D eigenvalue weighted by atomic mass is 32.1. The molecule has 66 valence electrons. The fourth-order valence-corrected chi connectivity index (χ4v) is 1.52. The van der Waals surface area contributed by atoms with E-state index in [9.17, 15) is 13.2 Å². The van der Waals surface area contributed by atoms with Crippen LogP contribution in [-0.2, 0) is 6.18 Å². The first-order valence-corrected chi connectivity index (χ1v) is 3.80. The van der Waals surface area contributed by atoms with Crippen LogP contribution in [0.5, 0.6) is 0 Å². The van der Waals surface area contributed by atoms with E-state index in [1.54, 1.807) is 0 Å². The van der Waals surface area contributed by atoms with E-state index in [0.29, 0.717) is 0 Å². The maximum Gasteiger partial charge on any atom is 0.417 e. The van der Waals surface area contributed by atoms with Crippen molar-refractivity contribution in [2.24, 2.45) is 5.73 Å². The lowest BCUT2D eigenvalue weighted by atomic mass is 10.2. The molecule has 0 amide bonds. The summed E-state index contributed by atoms with van der Waals surface area (Å²) in [6.07, 6.45) is -4.42. The molecule has 0 aliphatic rings. The third-order valence-electron chi connectivity index (χ3n) is 1.22. The van der Waals surface area contributed by atoms with E-state index < -0.39 is 17.6 Å². The highest BCUT2D eigenvalue weighted by Crippen LogP contribution is 2.34. The molecule has 0 aliphatic carbocycles. The number of nitrogens with two attached hydrogens (primary N) is 1. The van der Waals surface area contributed by atoms with Gasteiger partial charge in [0.1, 0.15) is 5.84 Å². The van der Waals surface area contributed by atoms with Crippen LogP contribution in [0.4, 0.5) is 13.2 Å². The predicted octanol–water partition coefficient (Wildman–Crippen LogP) is 2.05. The fourth-order valence-electron chi connectivity index (χ4n) is 0.741. The Hall–Kier alpha value is -1.04. The molecule has 1 rings (SSSR count). The first kappa shape index (κ1) is 9.05. The summed E-state index contributed by atoms with van der Waals surface area (Å²) in [5, 5.41) is 8.12. The Morgan fingerprint density at radius 2 is 2.08 bits per heavy atom. The molecule has 0 atom stereocenters. The molecule has 0 unspecified atom stereocenters. The van der Waals surface area contributed by atoms with E-state index in [-0.39, 0.29) is 4.88 Å².